The summed E-state index contributed by atoms with van der Waals surface area (Å²) in [6.07, 6.45) is 0. The molecule has 1 aliphatic rings. The molecule has 0 aromatic carbocycles. The zero-order valence-electron chi connectivity index (χ0n) is 8.17. The van der Waals surface area contributed by atoms with Crippen LogP contribution in [0.15, 0.2) is 0 Å². The van der Waals surface area contributed by atoms with Gasteiger partial charge in [-0.1, -0.05) is 13.8 Å². The van der Waals surface area contributed by atoms with Crippen molar-refractivity contribution in [2.45, 2.75) is 26.4 Å². The van der Waals surface area contributed by atoms with Crippen LogP contribution < -0.4 is 0 Å². The van der Waals surface area contributed by atoms with Crippen molar-refractivity contribution in [1.29, 1.82) is 0 Å². The van der Waals surface area contributed by atoms with Crippen molar-refractivity contribution in [3.8, 4) is 0 Å². The van der Waals surface area contributed by atoms with E-state index in [-0.39, 0.29) is 6.61 Å². The smallest absolute Gasteiger partial charge is 0.0975 e. The zero-order chi connectivity index (χ0) is 9.41. The molecule has 3 nitrogen and oxygen atoms in total. The normalized spacial score (nSPS) is 27.8. The van der Waals surface area contributed by atoms with E-state index in [1.165, 1.54) is 0 Å². The first-order valence-electron chi connectivity index (χ1n) is 4.40. The van der Waals surface area contributed by atoms with Gasteiger partial charge in [0.2, 0.25) is 0 Å². The lowest BCUT2D eigenvalue weighted by molar-refractivity contribution is -0.0692. The van der Waals surface area contributed by atoms with Crippen LogP contribution in [0.3, 0.4) is 0 Å². The Hall–Kier alpha value is -0.120. The van der Waals surface area contributed by atoms with Crippen LogP contribution in [0.2, 0.25) is 0 Å². The van der Waals surface area contributed by atoms with Crippen molar-refractivity contribution in [2.75, 3.05) is 26.2 Å². The van der Waals surface area contributed by atoms with E-state index in [1.807, 2.05) is 0 Å². The molecule has 1 heterocycles. The van der Waals surface area contributed by atoms with Crippen molar-refractivity contribution in [3.63, 3.8) is 0 Å². The summed E-state index contributed by atoms with van der Waals surface area (Å²) < 4.78 is 0. The Kier molecular flexibility index (Phi) is 2.47. The number of likely N-dealkylation sites (tertiary alicyclic amines) is 1. The molecule has 1 rings (SSSR count). The molecule has 0 saturated carbocycles. The van der Waals surface area contributed by atoms with Crippen LogP contribution in [0.4, 0.5) is 0 Å². The fraction of sp³-hybridized carbons (Fsp3) is 1.00. The molecule has 1 atom stereocenters. The van der Waals surface area contributed by atoms with Crippen molar-refractivity contribution < 1.29 is 10.2 Å². The highest BCUT2D eigenvalue weighted by atomic mass is 16.3. The summed E-state index contributed by atoms with van der Waals surface area (Å²) in [5.41, 5.74) is -0.540. The molecule has 1 aliphatic heterocycles. The fourth-order valence-electron chi connectivity index (χ4n) is 1.81. The average molecular weight is 173 g/mol. The van der Waals surface area contributed by atoms with E-state index in [4.69, 9.17) is 5.11 Å². The maximum atomic E-state index is 9.54. The van der Waals surface area contributed by atoms with E-state index >= 15 is 0 Å². The summed E-state index contributed by atoms with van der Waals surface area (Å²) in [7, 11) is 0. The van der Waals surface area contributed by atoms with Crippen LogP contribution >= 0.6 is 0 Å². The highest BCUT2D eigenvalue weighted by Gasteiger charge is 2.37. The second-order valence-corrected chi connectivity index (χ2v) is 4.96. The predicted molar refractivity (Wildman–Crippen MR) is 47.9 cm³/mol. The summed E-state index contributed by atoms with van der Waals surface area (Å²) in [4.78, 5) is 2.16. The van der Waals surface area contributed by atoms with E-state index in [9.17, 15) is 5.11 Å². The van der Waals surface area contributed by atoms with Gasteiger partial charge in [-0.2, -0.15) is 0 Å². The lowest BCUT2D eigenvalue weighted by atomic mass is 9.83. The largest absolute Gasteiger partial charge is 0.393 e. The third-order valence-electron chi connectivity index (χ3n) is 2.21. The number of aliphatic hydroxyl groups is 2. The van der Waals surface area contributed by atoms with E-state index in [0.29, 0.717) is 12.0 Å². The van der Waals surface area contributed by atoms with Crippen LogP contribution in [0.1, 0.15) is 20.8 Å². The number of nitrogens with zero attached hydrogens (tertiary/aromatic N) is 1. The van der Waals surface area contributed by atoms with Gasteiger partial charge in [0.15, 0.2) is 0 Å². The Bertz CT molecular complexity index is 158. The first-order valence-corrected chi connectivity index (χ1v) is 4.40. The van der Waals surface area contributed by atoms with Crippen LogP contribution in [0, 0.1) is 5.41 Å². The molecule has 0 bridgehead atoms. The molecule has 0 amide bonds. The first kappa shape index (κ1) is 9.96. The second kappa shape index (κ2) is 2.98. The molecule has 0 radical (unpaired) electrons. The van der Waals surface area contributed by atoms with Crippen LogP contribution in [0.25, 0.3) is 0 Å². The molecule has 0 aromatic heterocycles. The monoisotopic (exact) mass is 173 g/mol. The van der Waals surface area contributed by atoms with Crippen molar-refractivity contribution in [2.24, 2.45) is 5.41 Å². The minimum Gasteiger partial charge on any atom is -0.393 e. The summed E-state index contributed by atoms with van der Waals surface area (Å²) in [6.45, 7) is 8.52. The lowest BCUT2D eigenvalue weighted by Gasteiger charge is -2.48. The van der Waals surface area contributed by atoms with Gasteiger partial charge < -0.3 is 10.2 Å². The van der Waals surface area contributed by atoms with E-state index in [2.05, 4.69) is 18.7 Å². The number of hydrogen-bond donors (Lipinski definition) is 2. The SMILES string of the molecule is CC1(C)CN(CC(C)(O)CO)C1. The maximum Gasteiger partial charge on any atom is 0.0975 e. The molecule has 1 unspecified atom stereocenters. The van der Waals surface area contributed by atoms with Crippen LogP contribution in [-0.2, 0) is 0 Å². The Morgan fingerprint density at radius 1 is 1.42 bits per heavy atom. The van der Waals surface area contributed by atoms with Gasteiger partial charge >= 0.3 is 0 Å². The van der Waals surface area contributed by atoms with E-state index in [1.54, 1.807) is 6.92 Å². The lowest BCUT2D eigenvalue weighted by Crippen LogP contribution is -2.57. The van der Waals surface area contributed by atoms with Crippen molar-refractivity contribution in [3.05, 3.63) is 0 Å². The third kappa shape index (κ3) is 2.44. The third-order valence-corrected chi connectivity index (χ3v) is 2.21. The minimum absolute atomic E-state index is 0.163. The zero-order valence-corrected chi connectivity index (χ0v) is 8.17. The van der Waals surface area contributed by atoms with Gasteiger partial charge in [0.25, 0.3) is 0 Å². The summed E-state index contributed by atoms with van der Waals surface area (Å²) in [5.74, 6) is 0. The molecule has 0 aliphatic carbocycles. The highest BCUT2D eigenvalue weighted by Crippen LogP contribution is 2.29. The molecule has 0 aromatic rings. The van der Waals surface area contributed by atoms with Gasteiger partial charge in [0.1, 0.15) is 0 Å². The molecule has 1 saturated heterocycles. The summed E-state index contributed by atoms with van der Waals surface area (Å²) in [6, 6.07) is 0. The Labute approximate surface area is 74.0 Å². The fourth-order valence-corrected chi connectivity index (χ4v) is 1.81. The summed E-state index contributed by atoms with van der Waals surface area (Å²) >= 11 is 0. The Morgan fingerprint density at radius 2 is 1.92 bits per heavy atom. The predicted octanol–water partition coefficient (Wildman–Crippen LogP) is 0.0715. The molecule has 1 fully saturated rings. The first-order chi connectivity index (χ1) is 5.35. The van der Waals surface area contributed by atoms with Gasteiger partial charge in [-0.3, -0.25) is 4.90 Å². The topological polar surface area (TPSA) is 43.7 Å². The molecule has 2 N–H and O–H groups in total. The number of rotatable bonds is 3. The molecular weight excluding hydrogens is 154 g/mol. The summed E-state index contributed by atoms with van der Waals surface area (Å²) in [5, 5.41) is 18.4. The van der Waals surface area contributed by atoms with E-state index < -0.39 is 5.60 Å². The molecule has 12 heavy (non-hydrogen) atoms. The number of hydrogen-bond acceptors (Lipinski definition) is 3. The molecule has 72 valence electrons. The van der Waals surface area contributed by atoms with Crippen LogP contribution in [-0.4, -0.2) is 47.0 Å². The van der Waals surface area contributed by atoms with Gasteiger partial charge in [-0.05, 0) is 12.3 Å². The molecule has 3 heteroatoms. The van der Waals surface area contributed by atoms with Crippen molar-refractivity contribution >= 4 is 0 Å². The Balaban J connectivity index is 2.27. The second-order valence-electron chi connectivity index (χ2n) is 4.96. The molecular formula is C9H19NO2. The van der Waals surface area contributed by atoms with Crippen LogP contribution in [0.5, 0.6) is 0 Å². The molecule has 0 spiro atoms. The van der Waals surface area contributed by atoms with Gasteiger partial charge in [-0.25, -0.2) is 0 Å². The van der Waals surface area contributed by atoms with Crippen molar-refractivity contribution in [1.82, 2.24) is 4.90 Å². The minimum atomic E-state index is -0.934. The quantitative estimate of drug-likeness (QED) is 0.635. The number of β-amino-alcohol motifs (C(OH)–C–C–N with tert-alkyl or cyclic N) is 1. The highest BCUT2D eigenvalue weighted by molar-refractivity contribution is 4.91. The Morgan fingerprint density at radius 3 is 2.25 bits per heavy atom. The van der Waals surface area contributed by atoms with E-state index in [0.717, 1.165) is 13.1 Å². The maximum absolute atomic E-state index is 9.54. The number of aliphatic hydroxyl groups excluding tert-OH is 1. The van der Waals surface area contributed by atoms with Gasteiger partial charge in [0, 0.05) is 19.6 Å². The van der Waals surface area contributed by atoms with Gasteiger partial charge in [-0.15, -0.1) is 0 Å². The van der Waals surface area contributed by atoms with Gasteiger partial charge in [0.05, 0.1) is 12.2 Å². The average Bonchev–Trinajstić information content (AvgIpc) is 1.83. The standard InChI is InChI=1S/C9H19NO2/c1-8(2)4-10(5-8)6-9(3,12)7-11/h11-12H,4-7H2,1-3H3.